The van der Waals surface area contributed by atoms with E-state index in [0.717, 1.165) is 53.8 Å². The van der Waals surface area contributed by atoms with Gasteiger partial charge in [0.05, 0.1) is 5.69 Å². The molecule has 0 N–H and O–H groups in total. The van der Waals surface area contributed by atoms with Gasteiger partial charge in [0.15, 0.2) is 0 Å². The van der Waals surface area contributed by atoms with E-state index in [9.17, 15) is 4.79 Å². The molecular weight excluding hydrogens is 489 g/mol. The summed E-state index contributed by atoms with van der Waals surface area (Å²) in [5, 5.41) is 2.51. The fraction of sp³-hybridized carbons (Fsp3) is 0.300. The molecule has 0 saturated carbocycles. The van der Waals surface area contributed by atoms with Crippen LogP contribution in [-0.4, -0.2) is 53.0 Å². The maximum atomic E-state index is 13.4. The Bertz CT molecular complexity index is 1360. The van der Waals surface area contributed by atoms with E-state index < -0.39 is 0 Å². The smallest absolute Gasteiger partial charge is 0.223 e. The molecule has 0 spiro atoms. The van der Waals surface area contributed by atoms with Crippen LogP contribution < -0.4 is 0 Å². The second-order valence-corrected chi connectivity index (χ2v) is 10.6. The molecule has 1 aliphatic rings. The van der Waals surface area contributed by atoms with E-state index in [0.29, 0.717) is 28.9 Å². The molecule has 5 rings (SSSR count). The minimum Gasteiger partial charge on any atom is -0.343 e. The Labute approximate surface area is 223 Å². The molecule has 1 fully saturated rings. The molecule has 1 saturated heterocycles. The highest BCUT2D eigenvalue weighted by atomic mass is 35.5. The number of aromatic nitrogens is 1. The number of rotatable bonds is 6. The minimum atomic E-state index is 0.210. The number of carbonyl (C=O) groups is 1. The third-order valence-corrected chi connectivity index (χ3v) is 7.90. The lowest BCUT2D eigenvalue weighted by molar-refractivity contribution is -0.133. The quantitative estimate of drug-likeness (QED) is 0.292. The van der Waals surface area contributed by atoms with Crippen molar-refractivity contribution in [3.05, 3.63) is 94.0 Å². The number of benzene rings is 3. The molecule has 6 heteroatoms. The molecule has 3 aromatic carbocycles. The molecule has 1 atom stereocenters. The van der Waals surface area contributed by atoms with Crippen LogP contribution in [0.2, 0.25) is 10.0 Å². The number of piperazine rings is 1. The van der Waals surface area contributed by atoms with Crippen LogP contribution in [0.15, 0.2) is 72.8 Å². The highest BCUT2D eigenvalue weighted by molar-refractivity contribution is 6.31. The van der Waals surface area contributed by atoms with Crippen LogP contribution in [0.3, 0.4) is 0 Å². The van der Waals surface area contributed by atoms with Gasteiger partial charge in [0.2, 0.25) is 5.91 Å². The van der Waals surface area contributed by atoms with Crippen molar-refractivity contribution in [3.8, 4) is 11.3 Å². The average Bonchev–Trinajstić information content (AvgIpc) is 3.15. The standard InChI is InChI=1S/C30H31Cl2N3O/c1-33-16-17-35(20-25(33)18-21-6-4-3-5-7-21)29(36)15-13-26-27-19-24(32)12-14-28(27)34(2)30(26)22-8-10-23(31)11-9-22/h3-12,14,19,25H,13,15-18,20H2,1-2H3. The van der Waals surface area contributed by atoms with Gasteiger partial charge in [0.25, 0.3) is 0 Å². The van der Waals surface area contributed by atoms with Crippen molar-refractivity contribution in [1.29, 1.82) is 0 Å². The predicted octanol–water partition coefficient (Wildman–Crippen LogP) is 6.47. The second-order valence-electron chi connectivity index (χ2n) is 9.72. The molecule has 186 valence electrons. The summed E-state index contributed by atoms with van der Waals surface area (Å²) in [5.74, 6) is 0.210. The Hall–Kier alpha value is -2.79. The summed E-state index contributed by atoms with van der Waals surface area (Å²) in [6.07, 6.45) is 2.07. The van der Waals surface area contributed by atoms with Crippen LogP contribution in [0, 0.1) is 0 Å². The number of nitrogens with zero attached hydrogens (tertiary/aromatic N) is 3. The van der Waals surface area contributed by atoms with Gasteiger partial charge in [-0.15, -0.1) is 0 Å². The highest BCUT2D eigenvalue weighted by Crippen LogP contribution is 2.36. The molecule has 1 aromatic heterocycles. The molecular formula is C30H31Cl2N3O. The van der Waals surface area contributed by atoms with E-state index in [1.807, 2.05) is 47.4 Å². The van der Waals surface area contributed by atoms with E-state index in [2.05, 4.69) is 53.9 Å². The first-order valence-electron chi connectivity index (χ1n) is 12.5. The summed E-state index contributed by atoms with van der Waals surface area (Å²) in [5.41, 5.74) is 5.76. The maximum absolute atomic E-state index is 13.4. The Morgan fingerprint density at radius 3 is 2.39 bits per heavy atom. The van der Waals surface area contributed by atoms with Crippen molar-refractivity contribution in [2.45, 2.75) is 25.3 Å². The van der Waals surface area contributed by atoms with E-state index >= 15 is 0 Å². The highest BCUT2D eigenvalue weighted by Gasteiger charge is 2.28. The second kappa shape index (κ2) is 10.7. The predicted molar refractivity (Wildman–Crippen MR) is 150 cm³/mol. The van der Waals surface area contributed by atoms with Gasteiger partial charge < -0.3 is 9.47 Å². The molecule has 1 aliphatic heterocycles. The van der Waals surface area contributed by atoms with Gasteiger partial charge >= 0.3 is 0 Å². The summed E-state index contributed by atoms with van der Waals surface area (Å²) in [6, 6.07) is 24.7. The van der Waals surface area contributed by atoms with Crippen molar-refractivity contribution in [3.63, 3.8) is 0 Å². The van der Waals surface area contributed by atoms with Crippen molar-refractivity contribution in [2.24, 2.45) is 7.05 Å². The molecule has 0 radical (unpaired) electrons. The Morgan fingerprint density at radius 1 is 0.917 bits per heavy atom. The van der Waals surface area contributed by atoms with Gasteiger partial charge in [-0.05, 0) is 66.9 Å². The Balaban J connectivity index is 1.37. The third kappa shape index (κ3) is 5.17. The van der Waals surface area contributed by atoms with Crippen LogP contribution in [0.5, 0.6) is 0 Å². The van der Waals surface area contributed by atoms with Crippen molar-refractivity contribution in [1.82, 2.24) is 14.4 Å². The summed E-state index contributed by atoms with van der Waals surface area (Å²) >= 11 is 12.6. The number of halogens is 2. The van der Waals surface area contributed by atoms with Crippen molar-refractivity contribution in [2.75, 3.05) is 26.7 Å². The number of fused-ring (bicyclic) bond motifs is 1. The normalized spacial score (nSPS) is 16.6. The molecule has 0 aliphatic carbocycles. The van der Waals surface area contributed by atoms with Crippen LogP contribution in [0.4, 0.5) is 0 Å². The lowest BCUT2D eigenvalue weighted by Gasteiger charge is -2.39. The summed E-state index contributed by atoms with van der Waals surface area (Å²) in [4.78, 5) is 17.9. The lowest BCUT2D eigenvalue weighted by Crippen LogP contribution is -2.54. The van der Waals surface area contributed by atoms with Crippen LogP contribution in [0.25, 0.3) is 22.2 Å². The fourth-order valence-electron chi connectivity index (χ4n) is 5.39. The van der Waals surface area contributed by atoms with E-state index in [4.69, 9.17) is 23.2 Å². The van der Waals surface area contributed by atoms with Gasteiger partial charge in [-0.1, -0.05) is 65.7 Å². The summed E-state index contributed by atoms with van der Waals surface area (Å²) < 4.78 is 2.19. The average molecular weight is 521 g/mol. The first kappa shape index (κ1) is 24.9. The Morgan fingerprint density at radius 2 is 1.64 bits per heavy atom. The third-order valence-electron chi connectivity index (χ3n) is 7.42. The Kier molecular flexibility index (Phi) is 7.38. The summed E-state index contributed by atoms with van der Waals surface area (Å²) in [6.45, 7) is 2.42. The lowest BCUT2D eigenvalue weighted by atomic mass is 9.99. The topological polar surface area (TPSA) is 28.5 Å². The van der Waals surface area contributed by atoms with Crippen LogP contribution >= 0.6 is 23.2 Å². The monoisotopic (exact) mass is 519 g/mol. The SMILES string of the molecule is CN1CCN(C(=O)CCc2c(-c3ccc(Cl)cc3)n(C)c3ccc(Cl)cc23)CC1Cc1ccccc1. The molecule has 4 nitrogen and oxygen atoms in total. The number of carbonyl (C=O) groups excluding carboxylic acids is 1. The number of hydrogen-bond donors (Lipinski definition) is 0. The van der Waals surface area contributed by atoms with Gasteiger partial charge in [-0.2, -0.15) is 0 Å². The number of aryl methyl sites for hydroxylation is 2. The van der Waals surface area contributed by atoms with Crippen LogP contribution in [0.1, 0.15) is 17.5 Å². The first-order valence-corrected chi connectivity index (χ1v) is 13.2. The van der Waals surface area contributed by atoms with Crippen molar-refractivity contribution < 1.29 is 4.79 Å². The van der Waals surface area contributed by atoms with E-state index in [-0.39, 0.29) is 5.91 Å². The molecule has 36 heavy (non-hydrogen) atoms. The zero-order valence-electron chi connectivity index (χ0n) is 20.8. The maximum Gasteiger partial charge on any atom is 0.223 e. The molecule has 2 heterocycles. The zero-order chi connectivity index (χ0) is 25.2. The molecule has 1 unspecified atom stereocenters. The van der Waals surface area contributed by atoms with E-state index in [1.54, 1.807) is 0 Å². The minimum absolute atomic E-state index is 0.210. The van der Waals surface area contributed by atoms with Gasteiger partial charge in [-0.3, -0.25) is 9.69 Å². The van der Waals surface area contributed by atoms with Gasteiger partial charge in [0.1, 0.15) is 0 Å². The van der Waals surface area contributed by atoms with Gasteiger partial charge in [-0.25, -0.2) is 0 Å². The number of amides is 1. The molecule has 1 amide bonds. The van der Waals surface area contributed by atoms with Gasteiger partial charge in [0, 0.05) is 60.1 Å². The molecule has 0 bridgehead atoms. The largest absolute Gasteiger partial charge is 0.343 e. The summed E-state index contributed by atoms with van der Waals surface area (Å²) in [7, 11) is 4.23. The number of likely N-dealkylation sites (N-methyl/N-ethyl adjacent to an activating group) is 1. The fourth-order valence-corrected chi connectivity index (χ4v) is 5.69. The zero-order valence-corrected chi connectivity index (χ0v) is 22.3. The van der Waals surface area contributed by atoms with E-state index in [1.165, 1.54) is 5.56 Å². The van der Waals surface area contributed by atoms with Crippen LogP contribution in [-0.2, 0) is 24.7 Å². The molecule has 4 aromatic rings. The number of hydrogen-bond acceptors (Lipinski definition) is 2. The first-order chi connectivity index (χ1) is 17.4. The van der Waals surface area contributed by atoms with Crippen molar-refractivity contribution >= 4 is 40.0 Å².